The summed E-state index contributed by atoms with van der Waals surface area (Å²) in [4.78, 5) is 4.17. The average molecular weight is 210 g/mol. The SMILES string of the molecule is COCC(C)Nc1cc(C)ncc1OC. The van der Waals surface area contributed by atoms with E-state index in [0.717, 1.165) is 17.1 Å². The molecule has 0 saturated heterocycles. The smallest absolute Gasteiger partial charge is 0.160 e. The van der Waals surface area contributed by atoms with E-state index in [1.807, 2.05) is 13.0 Å². The Hall–Kier alpha value is -1.29. The van der Waals surface area contributed by atoms with Gasteiger partial charge in [0, 0.05) is 18.8 Å². The van der Waals surface area contributed by atoms with Gasteiger partial charge in [-0.05, 0) is 19.9 Å². The molecule has 1 atom stereocenters. The normalized spacial score (nSPS) is 12.3. The molecule has 1 unspecified atom stereocenters. The van der Waals surface area contributed by atoms with Crippen LogP contribution in [-0.4, -0.2) is 31.9 Å². The van der Waals surface area contributed by atoms with Gasteiger partial charge in [-0.25, -0.2) is 0 Å². The Morgan fingerprint density at radius 1 is 1.47 bits per heavy atom. The van der Waals surface area contributed by atoms with Crippen molar-refractivity contribution in [2.24, 2.45) is 0 Å². The number of rotatable bonds is 5. The number of nitrogens with one attached hydrogen (secondary N) is 1. The second kappa shape index (κ2) is 5.56. The summed E-state index contributed by atoms with van der Waals surface area (Å²) in [7, 11) is 3.33. The number of anilines is 1. The molecule has 1 N–H and O–H groups in total. The van der Waals surface area contributed by atoms with Gasteiger partial charge in [-0.15, -0.1) is 0 Å². The van der Waals surface area contributed by atoms with Gasteiger partial charge in [0.15, 0.2) is 5.75 Å². The largest absolute Gasteiger partial charge is 0.493 e. The molecule has 1 heterocycles. The van der Waals surface area contributed by atoms with Crippen molar-refractivity contribution in [1.29, 1.82) is 0 Å². The van der Waals surface area contributed by atoms with Gasteiger partial charge >= 0.3 is 0 Å². The molecule has 15 heavy (non-hydrogen) atoms. The molecule has 0 spiro atoms. The van der Waals surface area contributed by atoms with Gasteiger partial charge in [0.05, 0.1) is 25.6 Å². The van der Waals surface area contributed by atoms with Gasteiger partial charge in [-0.3, -0.25) is 4.98 Å². The van der Waals surface area contributed by atoms with E-state index in [2.05, 4.69) is 17.2 Å². The molecule has 0 aromatic carbocycles. The van der Waals surface area contributed by atoms with E-state index in [0.29, 0.717) is 6.61 Å². The number of aryl methyl sites for hydroxylation is 1. The lowest BCUT2D eigenvalue weighted by Crippen LogP contribution is -2.21. The first-order valence-electron chi connectivity index (χ1n) is 4.93. The minimum atomic E-state index is 0.241. The van der Waals surface area contributed by atoms with Crippen molar-refractivity contribution in [3.05, 3.63) is 18.0 Å². The van der Waals surface area contributed by atoms with Gasteiger partial charge in [0.2, 0.25) is 0 Å². The fourth-order valence-electron chi connectivity index (χ4n) is 1.38. The maximum Gasteiger partial charge on any atom is 0.160 e. The maximum atomic E-state index is 5.21. The molecule has 0 bridgehead atoms. The van der Waals surface area contributed by atoms with Crippen LogP contribution in [0.15, 0.2) is 12.3 Å². The van der Waals surface area contributed by atoms with Crippen molar-refractivity contribution in [2.45, 2.75) is 19.9 Å². The van der Waals surface area contributed by atoms with E-state index >= 15 is 0 Å². The van der Waals surface area contributed by atoms with E-state index in [1.165, 1.54) is 0 Å². The quantitative estimate of drug-likeness (QED) is 0.805. The number of nitrogens with zero attached hydrogens (tertiary/aromatic N) is 1. The van der Waals surface area contributed by atoms with Crippen LogP contribution < -0.4 is 10.1 Å². The number of pyridine rings is 1. The number of ether oxygens (including phenoxy) is 2. The Kier molecular flexibility index (Phi) is 4.37. The molecule has 0 aliphatic carbocycles. The van der Waals surface area contributed by atoms with E-state index in [1.54, 1.807) is 20.4 Å². The van der Waals surface area contributed by atoms with Crippen molar-refractivity contribution >= 4 is 5.69 Å². The molecule has 1 aromatic heterocycles. The molecule has 0 saturated carbocycles. The van der Waals surface area contributed by atoms with Gasteiger partial charge in [0.25, 0.3) is 0 Å². The Morgan fingerprint density at radius 3 is 2.80 bits per heavy atom. The van der Waals surface area contributed by atoms with E-state index in [9.17, 15) is 0 Å². The van der Waals surface area contributed by atoms with Crippen LogP contribution in [0.25, 0.3) is 0 Å². The summed E-state index contributed by atoms with van der Waals surface area (Å²) >= 11 is 0. The van der Waals surface area contributed by atoms with E-state index in [4.69, 9.17) is 9.47 Å². The van der Waals surface area contributed by atoms with Crippen LogP contribution in [0.3, 0.4) is 0 Å². The highest BCUT2D eigenvalue weighted by molar-refractivity contribution is 5.56. The third kappa shape index (κ3) is 3.40. The molecule has 1 rings (SSSR count). The molecule has 0 aliphatic heterocycles. The fourth-order valence-corrected chi connectivity index (χ4v) is 1.38. The molecule has 0 aliphatic rings. The molecular formula is C11H18N2O2. The van der Waals surface area contributed by atoms with E-state index in [-0.39, 0.29) is 6.04 Å². The molecule has 0 fully saturated rings. The van der Waals surface area contributed by atoms with Crippen LogP contribution >= 0.6 is 0 Å². The van der Waals surface area contributed by atoms with Crippen LogP contribution in [0.1, 0.15) is 12.6 Å². The number of hydrogen-bond acceptors (Lipinski definition) is 4. The van der Waals surface area contributed by atoms with E-state index < -0.39 is 0 Å². The summed E-state index contributed by atoms with van der Waals surface area (Å²) in [5.41, 5.74) is 1.91. The highest BCUT2D eigenvalue weighted by Crippen LogP contribution is 2.24. The molecule has 1 aromatic rings. The standard InChI is InChI=1S/C11H18N2O2/c1-8-5-10(11(15-4)6-12-8)13-9(2)7-14-3/h5-6,9H,7H2,1-4H3,(H,12,13). The summed E-state index contributed by atoms with van der Waals surface area (Å²) in [5.74, 6) is 0.753. The zero-order chi connectivity index (χ0) is 11.3. The third-order valence-corrected chi connectivity index (χ3v) is 2.04. The third-order valence-electron chi connectivity index (χ3n) is 2.04. The minimum Gasteiger partial charge on any atom is -0.493 e. The highest BCUT2D eigenvalue weighted by Gasteiger charge is 2.07. The van der Waals surface area contributed by atoms with Crippen molar-refractivity contribution in [3.63, 3.8) is 0 Å². The summed E-state index contributed by atoms with van der Waals surface area (Å²) in [6.45, 7) is 4.66. The van der Waals surface area contributed by atoms with Crippen molar-refractivity contribution in [1.82, 2.24) is 4.98 Å². The molecule has 84 valence electrons. The van der Waals surface area contributed by atoms with Gasteiger partial charge in [-0.1, -0.05) is 0 Å². The fraction of sp³-hybridized carbons (Fsp3) is 0.545. The monoisotopic (exact) mass is 210 g/mol. The zero-order valence-electron chi connectivity index (χ0n) is 9.70. The predicted octanol–water partition coefficient (Wildman–Crippen LogP) is 1.85. The molecular weight excluding hydrogens is 192 g/mol. The number of aromatic nitrogens is 1. The van der Waals surface area contributed by atoms with Crippen LogP contribution in [0.2, 0.25) is 0 Å². The van der Waals surface area contributed by atoms with Crippen LogP contribution in [0.4, 0.5) is 5.69 Å². The van der Waals surface area contributed by atoms with Crippen molar-refractivity contribution in [2.75, 3.05) is 26.1 Å². The molecule has 4 heteroatoms. The topological polar surface area (TPSA) is 43.4 Å². The Balaban J connectivity index is 2.77. The van der Waals surface area contributed by atoms with Gasteiger partial charge in [-0.2, -0.15) is 0 Å². The lowest BCUT2D eigenvalue weighted by molar-refractivity contribution is 0.190. The van der Waals surface area contributed by atoms with Gasteiger partial charge in [0.1, 0.15) is 0 Å². The van der Waals surface area contributed by atoms with Crippen LogP contribution in [-0.2, 0) is 4.74 Å². The predicted molar refractivity (Wildman–Crippen MR) is 60.5 cm³/mol. The Bertz CT molecular complexity index is 315. The van der Waals surface area contributed by atoms with Crippen LogP contribution in [0, 0.1) is 6.92 Å². The first-order chi connectivity index (χ1) is 7.17. The summed E-state index contributed by atoms with van der Waals surface area (Å²) < 4.78 is 10.3. The first kappa shape index (κ1) is 11.8. The van der Waals surface area contributed by atoms with Crippen LogP contribution in [0.5, 0.6) is 5.75 Å². The lowest BCUT2D eigenvalue weighted by Gasteiger charge is -2.16. The lowest BCUT2D eigenvalue weighted by atomic mass is 10.2. The molecule has 0 amide bonds. The minimum absolute atomic E-state index is 0.241. The van der Waals surface area contributed by atoms with Crippen molar-refractivity contribution in [3.8, 4) is 5.75 Å². The summed E-state index contributed by atoms with van der Waals surface area (Å²) in [6, 6.07) is 2.20. The molecule has 0 radical (unpaired) electrons. The number of methoxy groups -OCH3 is 2. The summed E-state index contributed by atoms with van der Waals surface area (Å²) in [6.07, 6.45) is 1.72. The zero-order valence-corrected chi connectivity index (χ0v) is 9.70. The maximum absolute atomic E-state index is 5.21. The second-order valence-corrected chi connectivity index (χ2v) is 3.53. The Labute approximate surface area is 90.6 Å². The van der Waals surface area contributed by atoms with Gasteiger partial charge < -0.3 is 14.8 Å². The average Bonchev–Trinajstić information content (AvgIpc) is 2.18. The Morgan fingerprint density at radius 2 is 2.20 bits per heavy atom. The van der Waals surface area contributed by atoms with Crippen molar-refractivity contribution < 1.29 is 9.47 Å². The molecule has 4 nitrogen and oxygen atoms in total. The number of hydrogen-bond donors (Lipinski definition) is 1. The summed E-state index contributed by atoms with van der Waals surface area (Å²) in [5, 5.41) is 3.31. The second-order valence-electron chi connectivity index (χ2n) is 3.53. The first-order valence-corrected chi connectivity index (χ1v) is 4.93. The highest BCUT2D eigenvalue weighted by atomic mass is 16.5.